The van der Waals surface area contributed by atoms with Gasteiger partial charge in [-0.25, -0.2) is 0 Å². The average Bonchev–Trinajstić information content (AvgIpc) is 3.22. The zero-order valence-electron chi connectivity index (χ0n) is 28.2. The second-order valence-electron chi connectivity index (χ2n) is 13.0. The van der Waals surface area contributed by atoms with Crippen LogP contribution in [0.25, 0.3) is 66.1 Å². The van der Waals surface area contributed by atoms with E-state index < -0.39 is 0 Å². The summed E-state index contributed by atoms with van der Waals surface area (Å²) in [6.07, 6.45) is 0. The van der Waals surface area contributed by atoms with Gasteiger partial charge in [0.25, 0.3) is 0 Å². The molecule has 0 aliphatic rings. The maximum Gasteiger partial charge on any atom is 0.0462 e. The monoisotopic (exact) mass is 649 g/mol. The van der Waals surface area contributed by atoms with E-state index in [9.17, 15) is 0 Å². The van der Waals surface area contributed by atoms with Crippen molar-refractivity contribution in [2.24, 2.45) is 0 Å². The molecule has 0 aliphatic heterocycles. The van der Waals surface area contributed by atoms with Gasteiger partial charge in [-0.2, -0.15) is 0 Å². The van der Waals surface area contributed by atoms with Crippen LogP contribution in [0.1, 0.15) is 0 Å². The van der Waals surface area contributed by atoms with Crippen LogP contribution in [0.5, 0.6) is 0 Å². The first-order chi connectivity index (χ1) is 25.3. The number of anilines is 3. The lowest BCUT2D eigenvalue weighted by atomic mass is 9.90. The third-order valence-corrected chi connectivity index (χ3v) is 9.87. The fraction of sp³-hybridized carbons (Fsp3) is 0. The van der Waals surface area contributed by atoms with Crippen LogP contribution >= 0.6 is 0 Å². The molecule has 0 fully saturated rings. The Kier molecular flexibility index (Phi) is 7.92. The molecule has 0 saturated heterocycles. The highest BCUT2D eigenvalue weighted by Crippen LogP contribution is 2.41. The molecule has 0 aliphatic carbocycles. The van der Waals surface area contributed by atoms with Crippen molar-refractivity contribution in [3.8, 4) is 44.5 Å². The summed E-state index contributed by atoms with van der Waals surface area (Å²) in [5, 5.41) is 5.01. The lowest BCUT2D eigenvalue weighted by molar-refractivity contribution is 1.28. The zero-order valence-corrected chi connectivity index (χ0v) is 28.2. The SMILES string of the molecule is c1ccc(-c2ccc(N(c3ccc(-c4ccc5ccccc5c4)cc3)c3ccc(-c4ccc5ccccc5c4-c4ccccc4)cc3)cc2)cc1. The molecule has 0 heterocycles. The lowest BCUT2D eigenvalue weighted by Gasteiger charge is -2.26. The minimum Gasteiger partial charge on any atom is -0.311 e. The lowest BCUT2D eigenvalue weighted by Crippen LogP contribution is -2.09. The molecule has 9 rings (SSSR count). The van der Waals surface area contributed by atoms with Crippen LogP contribution in [0, 0.1) is 0 Å². The quantitative estimate of drug-likeness (QED) is 0.166. The largest absolute Gasteiger partial charge is 0.311 e. The molecule has 9 aromatic carbocycles. The van der Waals surface area contributed by atoms with Crippen molar-refractivity contribution in [1.82, 2.24) is 0 Å². The Morgan fingerprint density at radius 2 is 0.686 bits per heavy atom. The van der Waals surface area contributed by atoms with E-state index >= 15 is 0 Å². The van der Waals surface area contributed by atoms with Crippen molar-refractivity contribution in [3.63, 3.8) is 0 Å². The summed E-state index contributed by atoms with van der Waals surface area (Å²) in [4.78, 5) is 2.35. The van der Waals surface area contributed by atoms with Crippen LogP contribution in [0.15, 0.2) is 212 Å². The molecular weight excluding hydrogens is 615 g/mol. The van der Waals surface area contributed by atoms with Crippen molar-refractivity contribution in [2.45, 2.75) is 0 Å². The van der Waals surface area contributed by atoms with E-state index in [-0.39, 0.29) is 0 Å². The van der Waals surface area contributed by atoms with Crippen molar-refractivity contribution in [1.29, 1.82) is 0 Å². The minimum atomic E-state index is 1.10. The van der Waals surface area contributed by atoms with Gasteiger partial charge in [-0.3, -0.25) is 0 Å². The van der Waals surface area contributed by atoms with E-state index in [2.05, 4.69) is 217 Å². The van der Waals surface area contributed by atoms with Crippen molar-refractivity contribution >= 4 is 38.6 Å². The standard InChI is InChI=1S/C50H35N/c1-3-11-36(12-4-1)38-21-28-45(29-22-38)51(46-30-23-39(24-31-46)44-20-19-37-13-7-8-17-43(37)35-44)47-32-25-41(26-33-47)49-34-27-40-14-9-10-18-48(40)50(49)42-15-5-2-6-16-42/h1-35H. The van der Waals surface area contributed by atoms with E-state index in [0.29, 0.717) is 0 Å². The van der Waals surface area contributed by atoms with Gasteiger partial charge in [-0.15, -0.1) is 0 Å². The summed E-state index contributed by atoms with van der Waals surface area (Å²) >= 11 is 0. The highest BCUT2D eigenvalue weighted by molar-refractivity contribution is 6.04. The number of rotatable bonds is 7. The summed E-state index contributed by atoms with van der Waals surface area (Å²) in [7, 11) is 0. The third kappa shape index (κ3) is 5.96. The van der Waals surface area contributed by atoms with Gasteiger partial charge in [-0.05, 0) is 109 Å². The smallest absolute Gasteiger partial charge is 0.0462 e. The number of benzene rings is 9. The van der Waals surface area contributed by atoms with Gasteiger partial charge in [0.05, 0.1) is 0 Å². The van der Waals surface area contributed by atoms with Crippen LogP contribution in [0.2, 0.25) is 0 Å². The molecule has 51 heavy (non-hydrogen) atoms. The Labute approximate surface area is 299 Å². The van der Waals surface area contributed by atoms with Crippen LogP contribution in [-0.4, -0.2) is 0 Å². The molecule has 9 aromatic rings. The zero-order chi connectivity index (χ0) is 34.0. The van der Waals surface area contributed by atoms with Gasteiger partial charge >= 0.3 is 0 Å². The third-order valence-electron chi connectivity index (χ3n) is 9.87. The molecule has 0 N–H and O–H groups in total. The molecule has 1 nitrogen and oxygen atoms in total. The van der Waals surface area contributed by atoms with Crippen LogP contribution in [-0.2, 0) is 0 Å². The molecule has 1 heteroatoms. The minimum absolute atomic E-state index is 1.10. The van der Waals surface area contributed by atoms with Crippen molar-refractivity contribution in [3.05, 3.63) is 212 Å². The van der Waals surface area contributed by atoms with Crippen LogP contribution in [0.4, 0.5) is 17.1 Å². The van der Waals surface area contributed by atoms with Crippen LogP contribution < -0.4 is 4.90 Å². The second-order valence-corrected chi connectivity index (χ2v) is 13.0. The van der Waals surface area contributed by atoms with E-state index in [1.165, 1.54) is 66.1 Å². The maximum atomic E-state index is 2.35. The summed E-state index contributed by atoms with van der Waals surface area (Å²) in [6.45, 7) is 0. The Morgan fingerprint density at radius 1 is 0.255 bits per heavy atom. The van der Waals surface area contributed by atoms with Crippen LogP contribution in [0.3, 0.4) is 0 Å². The van der Waals surface area contributed by atoms with Gasteiger partial charge in [-0.1, -0.05) is 170 Å². The molecular formula is C50H35N. The van der Waals surface area contributed by atoms with Gasteiger partial charge in [0, 0.05) is 17.1 Å². The first-order valence-electron chi connectivity index (χ1n) is 17.5. The van der Waals surface area contributed by atoms with Crippen molar-refractivity contribution in [2.75, 3.05) is 4.90 Å². The molecule has 0 bridgehead atoms. The highest BCUT2D eigenvalue weighted by atomic mass is 15.1. The molecule has 0 unspecified atom stereocenters. The van der Waals surface area contributed by atoms with Gasteiger partial charge in [0.15, 0.2) is 0 Å². The second kappa shape index (κ2) is 13.3. The molecule has 240 valence electrons. The fourth-order valence-electron chi connectivity index (χ4n) is 7.27. The summed E-state index contributed by atoms with van der Waals surface area (Å²) in [5.41, 5.74) is 13.0. The Balaban J connectivity index is 1.12. The van der Waals surface area contributed by atoms with E-state index in [1.807, 2.05) is 0 Å². The Bertz CT molecular complexity index is 2590. The van der Waals surface area contributed by atoms with E-state index in [4.69, 9.17) is 0 Å². The first-order valence-corrected chi connectivity index (χ1v) is 17.5. The number of fused-ring (bicyclic) bond motifs is 2. The van der Waals surface area contributed by atoms with Gasteiger partial charge in [0.2, 0.25) is 0 Å². The van der Waals surface area contributed by atoms with Gasteiger partial charge in [0.1, 0.15) is 0 Å². The molecule has 0 atom stereocenters. The summed E-state index contributed by atoms with van der Waals surface area (Å²) in [5.74, 6) is 0. The highest BCUT2D eigenvalue weighted by Gasteiger charge is 2.16. The fourth-order valence-corrected chi connectivity index (χ4v) is 7.27. The average molecular weight is 650 g/mol. The first kappa shape index (κ1) is 30.4. The normalized spacial score (nSPS) is 11.1. The summed E-state index contributed by atoms with van der Waals surface area (Å²) in [6, 6.07) is 76.6. The molecule has 0 spiro atoms. The summed E-state index contributed by atoms with van der Waals surface area (Å²) < 4.78 is 0. The number of nitrogens with zero attached hydrogens (tertiary/aromatic N) is 1. The van der Waals surface area contributed by atoms with Gasteiger partial charge < -0.3 is 4.90 Å². The Hall–Kier alpha value is -6.70. The van der Waals surface area contributed by atoms with E-state index in [0.717, 1.165) is 17.1 Å². The topological polar surface area (TPSA) is 3.24 Å². The molecule has 0 saturated carbocycles. The van der Waals surface area contributed by atoms with Crippen molar-refractivity contribution < 1.29 is 0 Å². The predicted molar refractivity (Wildman–Crippen MR) is 218 cm³/mol. The number of hydrogen-bond donors (Lipinski definition) is 0. The maximum absolute atomic E-state index is 2.35. The van der Waals surface area contributed by atoms with E-state index in [1.54, 1.807) is 0 Å². The number of hydrogen-bond acceptors (Lipinski definition) is 1. The Morgan fingerprint density at radius 3 is 1.31 bits per heavy atom. The molecule has 0 radical (unpaired) electrons. The predicted octanol–water partition coefficient (Wildman–Crippen LogP) is 14.1. The molecule has 0 aromatic heterocycles. The molecule has 0 amide bonds.